The molecule has 0 N–H and O–H groups in total. The summed E-state index contributed by atoms with van der Waals surface area (Å²) in [5.41, 5.74) is 4.82. The van der Waals surface area contributed by atoms with Gasteiger partial charge in [0, 0.05) is 30.8 Å². The number of fused-ring (bicyclic) bond motifs is 1. The number of carbonyl (C=O) groups is 1. The van der Waals surface area contributed by atoms with Crippen LogP contribution >= 0.6 is 0 Å². The van der Waals surface area contributed by atoms with E-state index in [1.807, 2.05) is 85.7 Å². The third-order valence-electron chi connectivity index (χ3n) is 4.04. The Kier molecular flexibility index (Phi) is 4.71. The Labute approximate surface area is 142 Å². The molecule has 24 heavy (non-hydrogen) atoms. The molecule has 0 unspecified atom stereocenters. The standard InChI is InChI=1S/C21H20N2O/c1-16(12-13-22-23(2)19-9-4-3-5-10-19)14-18-15-17-8-6-7-11-20(17)21(18)24/h3-14H,15H2,1-2H3/b16-12-,18-14-,22-13+. The van der Waals surface area contributed by atoms with Crippen molar-refractivity contribution in [3.8, 4) is 0 Å². The molecule has 0 saturated carbocycles. The zero-order chi connectivity index (χ0) is 16.9. The lowest BCUT2D eigenvalue weighted by atomic mass is 10.1. The van der Waals surface area contributed by atoms with Crippen LogP contribution in [-0.2, 0) is 6.42 Å². The fourth-order valence-corrected chi connectivity index (χ4v) is 2.76. The summed E-state index contributed by atoms with van der Waals surface area (Å²) in [4.78, 5) is 12.4. The van der Waals surface area contributed by atoms with Gasteiger partial charge in [0.25, 0.3) is 0 Å². The first-order valence-electron chi connectivity index (χ1n) is 7.98. The van der Waals surface area contributed by atoms with E-state index >= 15 is 0 Å². The third-order valence-corrected chi connectivity index (χ3v) is 4.04. The highest BCUT2D eigenvalue weighted by atomic mass is 16.1. The number of allylic oxidation sites excluding steroid dienone is 4. The molecular weight excluding hydrogens is 296 g/mol. The zero-order valence-corrected chi connectivity index (χ0v) is 13.9. The molecule has 0 aliphatic heterocycles. The molecule has 1 aliphatic carbocycles. The van der Waals surface area contributed by atoms with Crippen molar-refractivity contribution < 1.29 is 4.79 Å². The number of ketones is 1. The van der Waals surface area contributed by atoms with Crippen LogP contribution in [0.2, 0.25) is 0 Å². The van der Waals surface area contributed by atoms with Crippen molar-refractivity contribution in [1.29, 1.82) is 0 Å². The fourth-order valence-electron chi connectivity index (χ4n) is 2.76. The van der Waals surface area contributed by atoms with E-state index in [1.165, 1.54) is 0 Å². The van der Waals surface area contributed by atoms with Crippen molar-refractivity contribution in [3.05, 3.63) is 89.0 Å². The van der Waals surface area contributed by atoms with Crippen LogP contribution < -0.4 is 5.01 Å². The van der Waals surface area contributed by atoms with Gasteiger partial charge < -0.3 is 0 Å². The molecule has 0 atom stereocenters. The highest BCUT2D eigenvalue weighted by molar-refractivity contribution is 6.13. The Hall–Kier alpha value is -2.94. The van der Waals surface area contributed by atoms with E-state index in [0.717, 1.165) is 28.0 Å². The van der Waals surface area contributed by atoms with E-state index in [4.69, 9.17) is 0 Å². The lowest BCUT2D eigenvalue weighted by molar-refractivity contribution is 0.103. The van der Waals surface area contributed by atoms with Gasteiger partial charge in [0.05, 0.1) is 5.69 Å². The minimum absolute atomic E-state index is 0.136. The summed E-state index contributed by atoms with van der Waals surface area (Å²) in [6, 6.07) is 17.8. The molecule has 0 saturated heterocycles. The first kappa shape index (κ1) is 15.9. The highest BCUT2D eigenvalue weighted by Gasteiger charge is 2.23. The quantitative estimate of drug-likeness (QED) is 0.475. The SMILES string of the molecule is CC(=C/C=N/N(C)c1ccccc1)/C=C1/Cc2ccccc2C1=O. The van der Waals surface area contributed by atoms with Crippen molar-refractivity contribution in [2.75, 3.05) is 12.1 Å². The number of para-hydroxylation sites is 1. The molecule has 2 aromatic rings. The molecule has 2 aromatic carbocycles. The minimum atomic E-state index is 0.136. The second-order valence-corrected chi connectivity index (χ2v) is 5.87. The van der Waals surface area contributed by atoms with Gasteiger partial charge in [-0.05, 0) is 36.3 Å². The van der Waals surface area contributed by atoms with Crippen LogP contribution in [0.3, 0.4) is 0 Å². The van der Waals surface area contributed by atoms with Crippen molar-refractivity contribution in [2.45, 2.75) is 13.3 Å². The van der Waals surface area contributed by atoms with Crippen LogP contribution in [0.5, 0.6) is 0 Å². The lowest BCUT2D eigenvalue weighted by Crippen LogP contribution is -2.07. The Morgan fingerprint density at radius 3 is 2.54 bits per heavy atom. The van der Waals surface area contributed by atoms with Crippen molar-refractivity contribution in [2.24, 2.45) is 5.10 Å². The van der Waals surface area contributed by atoms with Crippen LogP contribution in [0.15, 0.2) is 83.0 Å². The highest BCUT2D eigenvalue weighted by Crippen LogP contribution is 2.26. The molecule has 0 spiro atoms. The fraction of sp³-hybridized carbons (Fsp3) is 0.143. The summed E-state index contributed by atoms with van der Waals surface area (Å²) >= 11 is 0. The van der Waals surface area contributed by atoms with Crippen LogP contribution in [-0.4, -0.2) is 19.0 Å². The van der Waals surface area contributed by atoms with E-state index in [-0.39, 0.29) is 5.78 Å². The zero-order valence-electron chi connectivity index (χ0n) is 13.9. The molecule has 0 heterocycles. The van der Waals surface area contributed by atoms with E-state index in [2.05, 4.69) is 5.10 Å². The van der Waals surface area contributed by atoms with Gasteiger partial charge in [-0.2, -0.15) is 5.10 Å². The number of hydrogen-bond acceptors (Lipinski definition) is 3. The molecule has 0 bridgehead atoms. The number of benzene rings is 2. The second-order valence-electron chi connectivity index (χ2n) is 5.87. The topological polar surface area (TPSA) is 32.7 Å². The largest absolute Gasteiger partial charge is 0.289 e. The van der Waals surface area contributed by atoms with E-state index in [1.54, 1.807) is 6.21 Å². The molecule has 3 heteroatoms. The Morgan fingerprint density at radius 2 is 1.79 bits per heavy atom. The van der Waals surface area contributed by atoms with Gasteiger partial charge in [-0.15, -0.1) is 0 Å². The van der Waals surface area contributed by atoms with Gasteiger partial charge >= 0.3 is 0 Å². The van der Waals surface area contributed by atoms with E-state index in [9.17, 15) is 4.79 Å². The Morgan fingerprint density at radius 1 is 1.08 bits per heavy atom. The van der Waals surface area contributed by atoms with Crippen molar-refractivity contribution in [3.63, 3.8) is 0 Å². The van der Waals surface area contributed by atoms with Gasteiger partial charge in [-0.3, -0.25) is 9.80 Å². The predicted molar refractivity (Wildman–Crippen MR) is 99.7 cm³/mol. The maximum atomic E-state index is 12.4. The van der Waals surface area contributed by atoms with Gasteiger partial charge in [0.15, 0.2) is 5.78 Å². The molecule has 0 amide bonds. The van der Waals surface area contributed by atoms with Crippen LogP contribution in [0.25, 0.3) is 0 Å². The predicted octanol–water partition coefficient (Wildman–Crippen LogP) is 4.42. The summed E-state index contributed by atoms with van der Waals surface area (Å²) in [6.07, 6.45) is 6.34. The first-order chi connectivity index (χ1) is 11.6. The van der Waals surface area contributed by atoms with Gasteiger partial charge in [-0.1, -0.05) is 48.5 Å². The second kappa shape index (κ2) is 7.09. The average Bonchev–Trinajstić information content (AvgIpc) is 2.92. The summed E-state index contributed by atoms with van der Waals surface area (Å²) in [7, 11) is 1.91. The van der Waals surface area contributed by atoms with Crippen LogP contribution in [0.4, 0.5) is 5.69 Å². The normalized spacial score (nSPS) is 16.0. The third kappa shape index (κ3) is 3.51. The molecule has 120 valence electrons. The van der Waals surface area contributed by atoms with E-state index in [0.29, 0.717) is 6.42 Å². The maximum Gasteiger partial charge on any atom is 0.189 e. The summed E-state index contributed by atoms with van der Waals surface area (Å²) in [5, 5.41) is 6.20. The number of Topliss-reactive ketones (excluding diaryl/α,β-unsaturated/α-hetero) is 1. The number of carbonyl (C=O) groups excluding carboxylic acids is 1. The smallest absolute Gasteiger partial charge is 0.189 e. The molecule has 0 aromatic heterocycles. The minimum Gasteiger partial charge on any atom is -0.289 e. The van der Waals surface area contributed by atoms with E-state index < -0.39 is 0 Å². The number of nitrogens with zero attached hydrogens (tertiary/aromatic N) is 2. The van der Waals surface area contributed by atoms with Gasteiger partial charge in [0.1, 0.15) is 0 Å². The molecule has 0 radical (unpaired) electrons. The molecule has 3 rings (SSSR count). The van der Waals surface area contributed by atoms with Gasteiger partial charge in [-0.25, -0.2) is 0 Å². The average molecular weight is 316 g/mol. The number of rotatable bonds is 4. The molecule has 3 nitrogen and oxygen atoms in total. The first-order valence-corrected chi connectivity index (χ1v) is 7.98. The molecule has 0 fully saturated rings. The lowest BCUT2D eigenvalue weighted by Gasteiger charge is -2.11. The van der Waals surface area contributed by atoms with Gasteiger partial charge in [0.2, 0.25) is 0 Å². The molecule has 1 aliphatic rings. The Bertz CT molecular complexity index is 832. The Balaban J connectivity index is 1.69. The van der Waals surface area contributed by atoms with Crippen molar-refractivity contribution in [1.82, 2.24) is 0 Å². The summed E-state index contributed by atoms with van der Waals surface area (Å²) < 4.78 is 0. The number of anilines is 1. The maximum absolute atomic E-state index is 12.4. The molecular formula is C21H20N2O. The van der Waals surface area contributed by atoms with Crippen LogP contribution in [0.1, 0.15) is 22.8 Å². The van der Waals surface area contributed by atoms with Crippen LogP contribution in [0, 0.1) is 0 Å². The summed E-state index contributed by atoms with van der Waals surface area (Å²) in [6.45, 7) is 1.98. The number of hydrazone groups is 1. The number of hydrogen-bond donors (Lipinski definition) is 0. The monoisotopic (exact) mass is 316 g/mol. The van der Waals surface area contributed by atoms with Crippen molar-refractivity contribution >= 4 is 17.7 Å². The summed E-state index contributed by atoms with van der Waals surface area (Å²) in [5.74, 6) is 0.136.